The Hall–Kier alpha value is -0.860. The lowest BCUT2D eigenvalue weighted by Gasteiger charge is -2.34. The van der Waals surface area contributed by atoms with Crippen LogP contribution < -0.4 is 0 Å². The summed E-state index contributed by atoms with van der Waals surface area (Å²) in [5.74, 6) is 0.346. The lowest BCUT2D eigenvalue weighted by Crippen LogP contribution is -2.23. The Morgan fingerprint density at radius 3 is 2.47 bits per heavy atom. The molecule has 1 aliphatic rings. The van der Waals surface area contributed by atoms with E-state index in [1.807, 2.05) is 0 Å². The molecule has 0 radical (unpaired) electrons. The van der Waals surface area contributed by atoms with Gasteiger partial charge in [0.1, 0.15) is 0 Å². The van der Waals surface area contributed by atoms with Crippen LogP contribution in [0.5, 0.6) is 0 Å². The van der Waals surface area contributed by atoms with Crippen molar-refractivity contribution in [2.24, 2.45) is 11.3 Å². The van der Waals surface area contributed by atoms with E-state index in [-0.39, 0.29) is 12.4 Å². The third-order valence-corrected chi connectivity index (χ3v) is 3.66. The van der Waals surface area contributed by atoms with Crippen LogP contribution in [0.2, 0.25) is 0 Å². The first-order valence-electron chi connectivity index (χ1n) is 6.65. The number of carbonyl (C=O) groups is 1. The maximum absolute atomic E-state index is 11.2. The van der Waals surface area contributed by atoms with E-state index in [4.69, 9.17) is 10.1 Å². The molecule has 1 saturated carbocycles. The zero-order chi connectivity index (χ0) is 12.9. The molecule has 17 heavy (non-hydrogen) atoms. The fraction of sp³-hybridized carbons (Fsp3) is 0.857. The van der Waals surface area contributed by atoms with Gasteiger partial charge in [-0.25, -0.2) is 0 Å². The summed E-state index contributed by atoms with van der Waals surface area (Å²) in [6.07, 6.45) is 5.81. The SMILES string of the molecule is CCOC(=O)CC(=N)CC1CCC(C)(C)CC1. The van der Waals surface area contributed by atoms with Crippen molar-refractivity contribution < 1.29 is 9.53 Å². The van der Waals surface area contributed by atoms with Crippen molar-refractivity contribution in [3.63, 3.8) is 0 Å². The molecule has 98 valence electrons. The fourth-order valence-corrected chi connectivity index (χ4v) is 2.47. The molecule has 0 saturated heterocycles. The first kappa shape index (κ1) is 14.2. The van der Waals surface area contributed by atoms with Crippen molar-refractivity contribution in [2.75, 3.05) is 6.61 Å². The second kappa shape index (κ2) is 6.18. The van der Waals surface area contributed by atoms with Crippen LogP contribution in [-0.4, -0.2) is 18.3 Å². The second-order valence-electron chi connectivity index (χ2n) is 5.90. The molecular weight excluding hydrogens is 214 g/mol. The van der Waals surface area contributed by atoms with E-state index in [1.54, 1.807) is 6.92 Å². The molecule has 0 bridgehead atoms. The van der Waals surface area contributed by atoms with Gasteiger partial charge in [-0.1, -0.05) is 13.8 Å². The van der Waals surface area contributed by atoms with Crippen molar-refractivity contribution in [2.45, 2.75) is 59.3 Å². The van der Waals surface area contributed by atoms with Crippen molar-refractivity contribution in [1.82, 2.24) is 0 Å². The van der Waals surface area contributed by atoms with Crippen LogP contribution in [0.4, 0.5) is 0 Å². The van der Waals surface area contributed by atoms with E-state index in [1.165, 1.54) is 25.7 Å². The van der Waals surface area contributed by atoms with Gasteiger partial charge in [-0.3, -0.25) is 4.79 Å². The molecule has 0 heterocycles. The number of ether oxygens (including phenoxy) is 1. The Morgan fingerprint density at radius 2 is 1.94 bits per heavy atom. The summed E-state index contributed by atoms with van der Waals surface area (Å²) in [5.41, 5.74) is 1.01. The van der Waals surface area contributed by atoms with Gasteiger partial charge in [-0.15, -0.1) is 0 Å². The predicted octanol–water partition coefficient (Wildman–Crippen LogP) is 3.57. The van der Waals surface area contributed by atoms with Crippen molar-refractivity contribution in [3.8, 4) is 0 Å². The highest BCUT2D eigenvalue weighted by Crippen LogP contribution is 2.39. The van der Waals surface area contributed by atoms with Crippen molar-refractivity contribution in [3.05, 3.63) is 0 Å². The standard InChI is InChI=1S/C14H25NO2/c1-4-17-13(16)10-12(15)9-11-5-7-14(2,3)8-6-11/h11,15H,4-10H2,1-3H3. The van der Waals surface area contributed by atoms with E-state index in [0.717, 1.165) is 6.42 Å². The Morgan fingerprint density at radius 1 is 1.35 bits per heavy atom. The zero-order valence-electron chi connectivity index (χ0n) is 11.3. The van der Waals surface area contributed by atoms with Gasteiger partial charge in [0.25, 0.3) is 0 Å². The van der Waals surface area contributed by atoms with Gasteiger partial charge in [0, 0.05) is 5.71 Å². The molecule has 0 amide bonds. The van der Waals surface area contributed by atoms with Crippen molar-refractivity contribution in [1.29, 1.82) is 5.41 Å². The van der Waals surface area contributed by atoms with Crippen LogP contribution >= 0.6 is 0 Å². The largest absolute Gasteiger partial charge is 0.466 e. The molecule has 3 nitrogen and oxygen atoms in total. The zero-order valence-corrected chi connectivity index (χ0v) is 11.3. The van der Waals surface area contributed by atoms with Crippen LogP contribution in [0.3, 0.4) is 0 Å². The maximum atomic E-state index is 11.2. The first-order valence-corrected chi connectivity index (χ1v) is 6.65. The molecule has 0 atom stereocenters. The summed E-state index contributed by atoms with van der Waals surface area (Å²) >= 11 is 0. The summed E-state index contributed by atoms with van der Waals surface area (Å²) < 4.78 is 4.86. The second-order valence-corrected chi connectivity index (χ2v) is 5.90. The van der Waals surface area contributed by atoms with Crippen LogP contribution in [0.15, 0.2) is 0 Å². The van der Waals surface area contributed by atoms with Gasteiger partial charge in [-0.05, 0) is 50.4 Å². The monoisotopic (exact) mass is 239 g/mol. The van der Waals surface area contributed by atoms with Gasteiger partial charge in [0.05, 0.1) is 13.0 Å². The molecule has 0 unspecified atom stereocenters. The lowest BCUT2D eigenvalue weighted by atomic mass is 9.72. The highest BCUT2D eigenvalue weighted by atomic mass is 16.5. The smallest absolute Gasteiger partial charge is 0.311 e. The molecule has 1 rings (SSSR count). The Bertz CT molecular complexity index is 274. The minimum Gasteiger partial charge on any atom is -0.466 e. The first-order chi connectivity index (χ1) is 7.93. The maximum Gasteiger partial charge on any atom is 0.311 e. The molecule has 0 aromatic rings. The Balaban J connectivity index is 2.26. The van der Waals surface area contributed by atoms with Crippen LogP contribution in [0, 0.1) is 16.7 Å². The van der Waals surface area contributed by atoms with E-state index in [0.29, 0.717) is 23.7 Å². The Kier molecular flexibility index (Phi) is 5.16. The lowest BCUT2D eigenvalue weighted by molar-refractivity contribution is -0.141. The number of carbonyl (C=O) groups excluding carboxylic acids is 1. The summed E-state index contributed by atoms with van der Waals surface area (Å²) in [7, 11) is 0. The Labute approximate surface area is 104 Å². The number of rotatable bonds is 5. The summed E-state index contributed by atoms with van der Waals surface area (Å²) in [6.45, 7) is 6.83. The van der Waals surface area contributed by atoms with Gasteiger partial charge in [0.15, 0.2) is 0 Å². The molecule has 3 heteroatoms. The number of hydrogen-bond donors (Lipinski definition) is 1. The predicted molar refractivity (Wildman–Crippen MR) is 69.3 cm³/mol. The average molecular weight is 239 g/mol. The van der Waals surface area contributed by atoms with E-state index in [9.17, 15) is 4.79 Å². The highest BCUT2D eigenvalue weighted by Gasteiger charge is 2.27. The quantitative estimate of drug-likeness (QED) is 0.589. The van der Waals surface area contributed by atoms with Crippen LogP contribution in [0.1, 0.15) is 59.3 Å². The molecule has 0 aromatic heterocycles. The van der Waals surface area contributed by atoms with E-state index >= 15 is 0 Å². The molecule has 0 aliphatic heterocycles. The third kappa shape index (κ3) is 5.33. The number of hydrogen-bond acceptors (Lipinski definition) is 3. The van der Waals surface area contributed by atoms with E-state index in [2.05, 4.69) is 13.8 Å². The van der Waals surface area contributed by atoms with Crippen LogP contribution in [-0.2, 0) is 9.53 Å². The molecule has 0 spiro atoms. The molecule has 0 aromatic carbocycles. The van der Waals surface area contributed by atoms with E-state index < -0.39 is 0 Å². The van der Waals surface area contributed by atoms with Gasteiger partial charge in [-0.2, -0.15) is 0 Å². The van der Waals surface area contributed by atoms with Gasteiger partial charge >= 0.3 is 5.97 Å². The topological polar surface area (TPSA) is 50.2 Å². The number of esters is 1. The molecule has 1 N–H and O–H groups in total. The molecule has 1 fully saturated rings. The molecule has 1 aliphatic carbocycles. The number of nitrogens with one attached hydrogen (secondary N) is 1. The normalized spacial score (nSPS) is 19.9. The van der Waals surface area contributed by atoms with Crippen LogP contribution in [0.25, 0.3) is 0 Å². The van der Waals surface area contributed by atoms with Crippen molar-refractivity contribution >= 4 is 11.7 Å². The van der Waals surface area contributed by atoms with Gasteiger partial charge < -0.3 is 10.1 Å². The fourth-order valence-electron chi connectivity index (χ4n) is 2.47. The minimum absolute atomic E-state index is 0.174. The summed E-state index contributed by atoms with van der Waals surface area (Å²) in [4.78, 5) is 11.2. The minimum atomic E-state index is -0.256. The summed E-state index contributed by atoms with van der Waals surface area (Å²) in [5, 5.41) is 7.83. The third-order valence-electron chi connectivity index (χ3n) is 3.66. The molecular formula is C14H25NO2. The summed E-state index contributed by atoms with van der Waals surface area (Å²) in [6, 6.07) is 0. The average Bonchev–Trinajstić information content (AvgIpc) is 2.21. The van der Waals surface area contributed by atoms with Gasteiger partial charge in [0.2, 0.25) is 0 Å². The highest BCUT2D eigenvalue weighted by molar-refractivity contribution is 5.97.